The van der Waals surface area contributed by atoms with Crippen molar-refractivity contribution in [2.75, 3.05) is 17.7 Å². The van der Waals surface area contributed by atoms with Crippen LogP contribution in [0.5, 0.6) is 5.75 Å². The molecule has 43 heavy (non-hydrogen) atoms. The number of carboxylic acids is 1. The SMILES string of the molecule is COc1cc2nc(C)nc(N[C@H](C)c3cc(NC(=O)OC(C)(C)C)cc(C(F)(F)F)c3)c2cc1C1CCC(C(=O)O)CC1. The van der Waals surface area contributed by atoms with Crippen LogP contribution in [0.15, 0.2) is 30.3 Å². The lowest BCUT2D eigenvalue weighted by Gasteiger charge is -2.28. The highest BCUT2D eigenvalue weighted by Crippen LogP contribution is 2.42. The van der Waals surface area contributed by atoms with Gasteiger partial charge in [0.2, 0.25) is 0 Å². The molecule has 1 aliphatic rings. The van der Waals surface area contributed by atoms with Crippen molar-refractivity contribution in [3.05, 3.63) is 52.8 Å². The minimum Gasteiger partial charge on any atom is -0.496 e. The molecule has 0 saturated heterocycles. The van der Waals surface area contributed by atoms with Crippen LogP contribution >= 0.6 is 0 Å². The number of ether oxygens (including phenoxy) is 2. The van der Waals surface area contributed by atoms with Crippen molar-refractivity contribution >= 4 is 34.5 Å². The summed E-state index contributed by atoms with van der Waals surface area (Å²) in [6.45, 7) is 8.40. The van der Waals surface area contributed by atoms with E-state index in [1.165, 1.54) is 6.07 Å². The van der Waals surface area contributed by atoms with E-state index in [1.807, 2.05) is 12.1 Å². The van der Waals surface area contributed by atoms with E-state index in [9.17, 15) is 27.9 Å². The lowest BCUT2D eigenvalue weighted by molar-refractivity contribution is -0.143. The Morgan fingerprint density at radius 2 is 1.70 bits per heavy atom. The molecule has 0 aliphatic heterocycles. The molecular weight excluding hydrogens is 565 g/mol. The van der Waals surface area contributed by atoms with Crippen molar-refractivity contribution < 1.29 is 37.3 Å². The standard InChI is InChI=1S/C31H37F3N4O5/c1-16(20-11-21(31(32,33)34)13-22(12-20)38-29(41)43-30(3,4)5)35-27-24-14-23(18-7-9-19(10-8-18)28(39)40)26(42-6)15-25(24)36-17(2)37-27/h11-16,18-19H,7-10H2,1-6H3,(H,38,41)(H,39,40)(H,35,36,37)/t16-,18?,19?/m1/s1. The molecule has 232 valence electrons. The predicted octanol–water partition coefficient (Wildman–Crippen LogP) is 7.84. The van der Waals surface area contributed by atoms with Gasteiger partial charge in [0.05, 0.1) is 30.1 Å². The molecule has 3 aromatic rings. The number of aromatic nitrogens is 2. The number of fused-ring (bicyclic) bond motifs is 1. The van der Waals surface area contributed by atoms with Crippen LogP contribution in [-0.2, 0) is 15.7 Å². The molecule has 9 nitrogen and oxygen atoms in total. The summed E-state index contributed by atoms with van der Waals surface area (Å²) in [6.07, 6.45) is -3.03. The molecule has 1 saturated carbocycles. The molecular formula is C31H37F3N4O5. The first-order chi connectivity index (χ1) is 20.0. The second-order valence-electron chi connectivity index (χ2n) is 12.0. The topological polar surface area (TPSA) is 123 Å². The number of alkyl halides is 3. The van der Waals surface area contributed by atoms with Crippen LogP contribution < -0.4 is 15.4 Å². The summed E-state index contributed by atoms with van der Waals surface area (Å²) in [4.78, 5) is 32.9. The molecule has 1 atom stereocenters. The molecule has 1 aliphatic carbocycles. The van der Waals surface area contributed by atoms with Gasteiger partial charge in [-0.05, 0) is 102 Å². The number of hydrogen-bond donors (Lipinski definition) is 3. The third kappa shape index (κ3) is 7.85. The highest BCUT2D eigenvalue weighted by molar-refractivity contribution is 5.91. The summed E-state index contributed by atoms with van der Waals surface area (Å²) in [6, 6.07) is 6.44. The Kier molecular flexibility index (Phi) is 9.08. The maximum atomic E-state index is 13.8. The quantitative estimate of drug-likeness (QED) is 0.250. The first-order valence-electron chi connectivity index (χ1n) is 14.1. The van der Waals surface area contributed by atoms with Crippen LogP contribution in [0.2, 0.25) is 0 Å². The first-order valence-corrected chi connectivity index (χ1v) is 14.1. The van der Waals surface area contributed by atoms with Crippen molar-refractivity contribution in [3.8, 4) is 5.75 Å². The molecule has 0 unspecified atom stereocenters. The number of benzene rings is 2. The van der Waals surface area contributed by atoms with Crippen molar-refractivity contribution in [2.45, 2.75) is 84.0 Å². The Morgan fingerprint density at radius 1 is 1.02 bits per heavy atom. The van der Waals surface area contributed by atoms with E-state index < -0.39 is 35.4 Å². The Hall–Kier alpha value is -4.09. The number of rotatable bonds is 7. The van der Waals surface area contributed by atoms with E-state index in [0.29, 0.717) is 54.0 Å². The van der Waals surface area contributed by atoms with Gasteiger partial charge in [-0.25, -0.2) is 14.8 Å². The van der Waals surface area contributed by atoms with Gasteiger partial charge in [-0.2, -0.15) is 13.2 Å². The van der Waals surface area contributed by atoms with Gasteiger partial charge in [-0.3, -0.25) is 10.1 Å². The van der Waals surface area contributed by atoms with E-state index >= 15 is 0 Å². The molecule has 4 rings (SSSR count). The predicted molar refractivity (Wildman–Crippen MR) is 157 cm³/mol. The molecule has 1 heterocycles. The summed E-state index contributed by atoms with van der Waals surface area (Å²) in [7, 11) is 1.57. The number of aryl methyl sites for hydroxylation is 1. The maximum absolute atomic E-state index is 13.8. The van der Waals surface area contributed by atoms with Crippen molar-refractivity contribution in [2.24, 2.45) is 5.92 Å². The number of carboxylic acid groups (broad SMARTS) is 1. The zero-order valence-electron chi connectivity index (χ0n) is 25.1. The minimum atomic E-state index is -4.65. The molecule has 2 aromatic carbocycles. The fraction of sp³-hybridized carbons (Fsp3) is 0.484. The smallest absolute Gasteiger partial charge is 0.416 e. The normalized spacial score (nSPS) is 18.2. The van der Waals surface area contributed by atoms with Crippen LogP contribution in [0, 0.1) is 12.8 Å². The third-order valence-corrected chi connectivity index (χ3v) is 7.46. The van der Waals surface area contributed by atoms with Crippen LogP contribution in [0.25, 0.3) is 10.9 Å². The number of carbonyl (C=O) groups excluding carboxylic acids is 1. The highest BCUT2D eigenvalue weighted by Gasteiger charge is 2.33. The van der Waals surface area contributed by atoms with E-state index in [0.717, 1.165) is 17.7 Å². The first kappa shape index (κ1) is 31.8. The second-order valence-corrected chi connectivity index (χ2v) is 12.0. The van der Waals surface area contributed by atoms with E-state index in [2.05, 4.69) is 20.6 Å². The van der Waals surface area contributed by atoms with Gasteiger partial charge < -0.3 is 19.9 Å². The number of nitrogens with one attached hydrogen (secondary N) is 2. The molecule has 3 N–H and O–H groups in total. The van der Waals surface area contributed by atoms with E-state index in [4.69, 9.17) is 9.47 Å². The van der Waals surface area contributed by atoms with Gasteiger partial charge >= 0.3 is 18.2 Å². The summed E-state index contributed by atoms with van der Waals surface area (Å²) >= 11 is 0. The maximum Gasteiger partial charge on any atom is 0.416 e. The van der Waals surface area contributed by atoms with Crippen molar-refractivity contribution in [3.63, 3.8) is 0 Å². The number of amides is 1. The average Bonchev–Trinajstić information content (AvgIpc) is 2.90. The van der Waals surface area contributed by atoms with Gasteiger partial charge in [0.15, 0.2) is 0 Å². The van der Waals surface area contributed by atoms with Gasteiger partial charge in [0.1, 0.15) is 23.0 Å². The molecule has 1 aromatic heterocycles. The molecule has 0 radical (unpaired) electrons. The van der Waals surface area contributed by atoms with Gasteiger partial charge in [0.25, 0.3) is 0 Å². The highest BCUT2D eigenvalue weighted by atomic mass is 19.4. The van der Waals surface area contributed by atoms with Crippen molar-refractivity contribution in [1.29, 1.82) is 0 Å². The number of halogens is 3. The second kappa shape index (κ2) is 12.3. The summed E-state index contributed by atoms with van der Waals surface area (Å²) in [5, 5.41) is 15.7. The van der Waals surface area contributed by atoms with E-state index in [-0.39, 0.29) is 23.1 Å². The van der Waals surface area contributed by atoms with Gasteiger partial charge in [-0.1, -0.05) is 0 Å². The number of aliphatic carboxylic acids is 1. The van der Waals surface area contributed by atoms with E-state index in [1.54, 1.807) is 41.7 Å². The Morgan fingerprint density at radius 3 is 2.28 bits per heavy atom. The van der Waals surface area contributed by atoms with Crippen LogP contribution in [0.3, 0.4) is 0 Å². The lowest BCUT2D eigenvalue weighted by Crippen LogP contribution is -2.27. The zero-order valence-corrected chi connectivity index (χ0v) is 25.1. The average molecular weight is 603 g/mol. The Balaban J connectivity index is 1.69. The lowest BCUT2D eigenvalue weighted by atomic mass is 9.78. The van der Waals surface area contributed by atoms with Crippen LogP contribution in [0.4, 0.5) is 29.5 Å². The number of hydrogen-bond acceptors (Lipinski definition) is 7. The number of carbonyl (C=O) groups is 2. The molecule has 0 spiro atoms. The Bertz CT molecular complexity index is 1510. The van der Waals surface area contributed by atoms with Gasteiger partial charge in [-0.15, -0.1) is 0 Å². The fourth-order valence-corrected chi connectivity index (χ4v) is 5.39. The summed E-state index contributed by atoms with van der Waals surface area (Å²) in [5.74, 6) is 0.444. The number of methoxy groups -OCH3 is 1. The third-order valence-electron chi connectivity index (χ3n) is 7.46. The summed E-state index contributed by atoms with van der Waals surface area (Å²) < 4.78 is 52.4. The number of anilines is 2. The zero-order chi connectivity index (χ0) is 31.7. The monoisotopic (exact) mass is 602 g/mol. The number of nitrogens with zero attached hydrogens (tertiary/aromatic N) is 2. The van der Waals surface area contributed by atoms with Gasteiger partial charge in [0, 0.05) is 17.1 Å². The molecule has 1 fully saturated rings. The van der Waals surface area contributed by atoms with Crippen molar-refractivity contribution in [1.82, 2.24) is 9.97 Å². The minimum absolute atomic E-state index is 0.0552. The summed E-state index contributed by atoms with van der Waals surface area (Å²) in [5.41, 5.74) is -0.0287. The van der Waals surface area contributed by atoms with Crippen LogP contribution in [-0.4, -0.2) is 39.8 Å². The fourth-order valence-electron chi connectivity index (χ4n) is 5.39. The largest absolute Gasteiger partial charge is 0.496 e. The Labute approximate surface area is 248 Å². The molecule has 0 bridgehead atoms. The van der Waals surface area contributed by atoms with Crippen LogP contribution in [0.1, 0.15) is 87.9 Å². The molecule has 12 heteroatoms. The molecule has 1 amide bonds.